The summed E-state index contributed by atoms with van der Waals surface area (Å²) in [5.74, 6) is 0.153. The molecule has 2 aliphatic rings. The van der Waals surface area contributed by atoms with Gasteiger partial charge in [-0.2, -0.15) is 0 Å². The number of nitrogens with zero attached hydrogens (tertiary/aromatic N) is 2. The number of ketones is 1. The minimum Gasteiger partial charge on any atom is -0.479 e. The Morgan fingerprint density at radius 3 is 2.50 bits per heavy atom. The van der Waals surface area contributed by atoms with Crippen molar-refractivity contribution in [2.75, 3.05) is 6.61 Å². The van der Waals surface area contributed by atoms with Gasteiger partial charge in [-0.3, -0.25) is 14.8 Å². The molecule has 2 aliphatic heterocycles. The van der Waals surface area contributed by atoms with Gasteiger partial charge in [0.25, 0.3) is 0 Å². The Bertz CT molecular complexity index is 1250. The van der Waals surface area contributed by atoms with Crippen molar-refractivity contribution < 1.29 is 24.2 Å². The zero-order valence-corrected chi connectivity index (χ0v) is 18.3. The van der Waals surface area contributed by atoms with Gasteiger partial charge in [-0.25, -0.2) is 4.79 Å². The van der Waals surface area contributed by atoms with Gasteiger partial charge < -0.3 is 19.6 Å². The monoisotopic (exact) mass is 457 g/mol. The molecule has 34 heavy (non-hydrogen) atoms. The number of carboxylic acids is 1. The first-order valence-electron chi connectivity index (χ1n) is 11.1. The predicted octanol–water partition coefficient (Wildman–Crippen LogP) is 4.07. The number of fused-ring (bicyclic) bond motifs is 1. The molecule has 172 valence electrons. The van der Waals surface area contributed by atoms with Crippen LogP contribution >= 0.6 is 0 Å². The first-order valence-corrected chi connectivity index (χ1v) is 11.1. The second kappa shape index (κ2) is 9.44. The van der Waals surface area contributed by atoms with E-state index in [1.54, 1.807) is 30.5 Å². The Hall–Kier alpha value is -4.04. The molecular weight excluding hydrogens is 434 g/mol. The first kappa shape index (κ1) is 21.8. The summed E-state index contributed by atoms with van der Waals surface area (Å²) < 4.78 is 11.3. The van der Waals surface area contributed by atoms with Crippen LogP contribution in [-0.4, -0.2) is 52.0 Å². The van der Waals surface area contributed by atoms with Crippen LogP contribution in [0.4, 0.5) is 0 Å². The number of benzene rings is 2. The number of carboxylic acid groups (broad SMARTS) is 1. The van der Waals surface area contributed by atoms with Gasteiger partial charge in [0.15, 0.2) is 6.10 Å². The Morgan fingerprint density at radius 1 is 1.03 bits per heavy atom. The molecule has 0 radical (unpaired) electrons. The third-order valence-electron chi connectivity index (χ3n) is 5.86. The molecule has 2 atom stereocenters. The fourth-order valence-corrected chi connectivity index (χ4v) is 4.08. The summed E-state index contributed by atoms with van der Waals surface area (Å²) >= 11 is 0. The van der Waals surface area contributed by atoms with Crippen LogP contribution in [0.2, 0.25) is 0 Å². The molecule has 0 amide bonds. The van der Waals surface area contributed by atoms with E-state index < -0.39 is 12.1 Å². The third-order valence-corrected chi connectivity index (χ3v) is 5.86. The van der Waals surface area contributed by atoms with Gasteiger partial charge in [-0.1, -0.05) is 18.2 Å². The second-order valence-electron chi connectivity index (χ2n) is 8.17. The van der Waals surface area contributed by atoms with Crippen molar-refractivity contribution in [1.82, 2.24) is 4.98 Å². The lowest BCUT2D eigenvalue weighted by Crippen LogP contribution is -2.36. The van der Waals surface area contributed by atoms with E-state index in [-0.39, 0.29) is 18.4 Å². The van der Waals surface area contributed by atoms with Crippen LogP contribution in [0.5, 0.6) is 11.5 Å². The molecule has 0 spiro atoms. The molecule has 5 rings (SSSR count). The van der Waals surface area contributed by atoms with Crippen LogP contribution in [0, 0.1) is 0 Å². The van der Waals surface area contributed by atoms with E-state index in [1.807, 2.05) is 36.4 Å². The quantitative estimate of drug-likeness (QED) is 0.542. The molecule has 8 nitrogen and oxygen atoms in total. The third kappa shape index (κ3) is 4.53. The van der Waals surface area contributed by atoms with Crippen molar-refractivity contribution in [2.45, 2.75) is 31.5 Å². The summed E-state index contributed by atoms with van der Waals surface area (Å²) in [6.45, 7) is 0.549. The van der Waals surface area contributed by atoms with Crippen LogP contribution in [0.3, 0.4) is 0 Å². The van der Waals surface area contributed by atoms with Gasteiger partial charge in [0.05, 0.1) is 24.9 Å². The number of carbonyl (C=O) groups is 2. The number of carbonyl (C=O) groups excluding carboxylic acids is 1. The number of hydrogen-bond acceptors (Lipinski definition) is 6. The lowest BCUT2D eigenvalue weighted by Gasteiger charge is -2.25. The van der Waals surface area contributed by atoms with E-state index in [0.717, 1.165) is 11.3 Å². The van der Waals surface area contributed by atoms with Gasteiger partial charge in [0.1, 0.15) is 17.2 Å². The predicted molar refractivity (Wildman–Crippen MR) is 126 cm³/mol. The number of rotatable bonds is 6. The number of H-pyrrole nitrogens is 1. The number of Topliss-reactive ketones (excluding diaryl/α,β-unsaturated/α-hetero) is 1. The highest BCUT2D eigenvalue weighted by Crippen LogP contribution is 2.24. The van der Waals surface area contributed by atoms with E-state index in [2.05, 4.69) is 9.98 Å². The van der Waals surface area contributed by atoms with Crippen LogP contribution < -0.4 is 4.74 Å². The smallest absolute Gasteiger partial charge is 0.332 e. The second-order valence-corrected chi connectivity index (χ2v) is 8.17. The number of aromatic nitrogens is 1. The molecule has 3 heterocycles. The summed E-state index contributed by atoms with van der Waals surface area (Å²) in [5, 5.41) is 9.15. The number of ether oxygens (including phenoxy) is 2. The molecule has 2 N–H and O–H groups in total. The average Bonchev–Trinajstić information content (AvgIpc) is 3.35. The summed E-state index contributed by atoms with van der Waals surface area (Å²) in [7, 11) is 0. The molecule has 1 saturated heterocycles. The summed E-state index contributed by atoms with van der Waals surface area (Å²) in [5.41, 5.74) is 3.02. The lowest BCUT2D eigenvalue weighted by molar-refractivity contribution is -0.153. The maximum Gasteiger partial charge on any atom is 0.332 e. The number of aromatic amines is 1. The minimum atomic E-state index is -0.964. The molecule has 0 saturated carbocycles. The topological polar surface area (TPSA) is 113 Å². The highest BCUT2D eigenvalue weighted by Gasteiger charge is 2.31. The molecule has 1 fully saturated rings. The van der Waals surface area contributed by atoms with Crippen molar-refractivity contribution in [2.24, 2.45) is 9.98 Å². The molecule has 2 aromatic carbocycles. The molecule has 8 heteroatoms. The standard InChI is InChI=1S/C26H23N3O5/c30-25(16-6-9-19(10-7-16)34-18-4-2-1-3-5-18)24-23(20-12-13-27-21(20)14-28-24)29-17-8-11-22(26(31)32)33-15-17/h1-7,9-10,12-13,17,22,27H,8,11,14-15H2,(H,31,32)/t17-,22-/m1/s1. The van der Waals surface area contributed by atoms with Crippen molar-refractivity contribution >= 4 is 23.2 Å². The van der Waals surface area contributed by atoms with Crippen molar-refractivity contribution in [1.29, 1.82) is 0 Å². The Labute approximate surface area is 196 Å². The van der Waals surface area contributed by atoms with E-state index >= 15 is 0 Å². The summed E-state index contributed by atoms with van der Waals surface area (Å²) in [6, 6.07) is 18.0. The van der Waals surface area contributed by atoms with Gasteiger partial charge in [-0.05, 0) is 55.3 Å². The molecule has 0 bridgehead atoms. The fraction of sp³-hybridized carbons (Fsp3) is 0.231. The molecule has 0 unspecified atom stereocenters. The van der Waals surface area contributed by atoms with E-state index in [0.29, 0.717) is 47.9 Å². The van der Waals surface area contributed by atoms with Crippen LogP contribution in [0.1, 0.15) is 34.5 Å². The number of nitrogens with one attached hydrogen (secondary N) is 1. The molecular formula is C26H23N3O5. The highest BCUT2D eigenvalue weighted by molar-refractivity contribution is 6.73. The zero-order chi connectivity index (χ0) is 23.5. The summed E-state index contributed by atoms with van der Waals surface area (Å²) in [6.07, 6.45) is 1.93. The van der Waals surface area contributed by atoms with Gasteiger partial charge in [0.2, 0.25) is 5.78 Å². The maximum absolute atomic E-state index is 13.4. The van der Waals surface area contributed by atoms with Crippen molar-refractivity contribution in [3.05, 3.63) is 83.7 Å². The van der Waals surface area contributed by atoms with Gasteiger partial charge in [-0.15, -0.1) is 0 Å². The molecule has 3 aromatic rings. The van der Waals surface area contributed by atoms with Crippen LogP contribution in [0.15, 0.2) is 76.8 Å². The normalized spacial score (nSPS) is 20.9. The van der Waals surface area contributed by atoms with Crippen molar-refractivity contribution in [3.8, 4) is 11.5 Å². The van der Waals surface area contributed by atoms with E-state index in [4.69, 9.17) is 19.6 Å². The van der Waals surface area contributed by atoms with Gasteiger partial charge >= 0.3 is 5.97 Å². The SMILES string of the molecule is O=C(C1=NCc2[nH]ccc2C1=N[C@@H]1CC[C@H](C(=O)O)OC1)c1ccc(Oc2ccccc2)cc1. The largest absolute Gasteiger partial charge is 0.479 e. The number of para-hydroxylation sites is 1. The van der Waals surface area contributed by atoms with Crippen LogP contribution in [0.25, 0.3) is 0 Å². The minimum absolute atomic E-state index is 0.188. The van der Waals surface area contributed by atoms with Crippen molar-refractivity contribution in [3.63, 3.8) is 0 Å². The number of aliphatic carboxylic acids is 1. The van der Waals surface area contributed by atoms with Crippen LogP contribution in [-0.2, 0) is 16.1 Å². The maximum atomic E-state index is 13.4. The molecule has 0 aliphatic carbocycles. The Morgan fingerprint density at radius 2 is 1.79 bits per heavy atom. The zero-order valence-electron chi connectivity index (χ0n) is 18.3. The van der Waals surface area contributed by atoms with E-state index in [1.165, 1.54) is 0 Å². The molecule has 1 aromatic heterocycles. The number of hydrogen-bond donors (Lipinski definition) is 2. The average molecular weight is 457 g/mol. The van der Waals surface area contributed by atoms with Gasteiger partial charge in [0, 0.05) is 23.0 Å². The highest BCUT2D eigenvalue weighted by atomic mass is 16.5. The Balaban J connectivity index is 1.37. The van der Waals surface area contributed by atoms with E-state index in [9.17, 15) is 9.59 Å². The Kier molecular flexibility index (Phi) is 6.05. The first-order chi connectivity index (χ1) is 16.6. The summed E-state index contributed by atoms with van der Waals surface area (Å²) in [4.78, 5) is 37.1. The fourth-order valence-electron chi connectivity index (χ4n) is 4.08. The lowest BCUT2D eigenvalue weighted by atomic mass is 9.95. The number of aliphatic imine (C=N–C) groups is 2.